The third-order valence-electron chi connectivity index (χ3n) is 7.12. The summed E-state index contributed by atoms with van der Waals surface area (Å²) in [6.07, 6.45) is 0. The van der Waals surface area contributed by atoms with Gasteiger partial charge in [-0.05, 0) is 64.1 Å². The van der Waals surface area contributed by atoms with Crippen LogP contribution in [0.2, 0.25) is 0 Å². The summed E-state index contributed by atoms with van der Waals surface area (Å²) < 4.78 is 44.2. The average Bonchev–Trinajstić information content (AvgIpc) is 2.86. The molecule has 0 bridgehead atoms. The molecule has 34 heavy (non-hydrogen) atoms. The molecule has 0 fully saturated rings. The van der Waals surface area contributed by atoms with E-state index in [-0.39, 0.29) is 16.7 Å². The largest absolute Gasteiger partial charge is 0.497 e. The van der Waals surface area contributed by atoms with Gasteiger partial charge in [0.05, 0.1) is 14.2 Å². The summed E-state index contributed by atoms with van der Waals surface area (Å²) in [5.41, 5.74) is 4.19. The normalized spacial score (nSPS) is 15.3. The van der Waals surface area contributed by atoms with Crippen molar-refractivity contribution in [2.75, 3.05) is 14.2 Å². The fraction of sp³-hybridized carbons (Fsp3) is 0.357. The van der Waals surface area contributed by atoms with Gasteiger partial charge in [-0.15, -0.1) is 0 Å². The molecule has 0 radical (unpaired) electrons. The van der Waals surface area contributed by atoms with Crippen molar-refractivity contribution in [3.05, 3.63) is 89.0 Å². The Kier molecular flexibility index (Phi) is 8.05. The molecule has 0 saturated carbocycles. The molecule has 0 amide bonds. The van der Waals surface area contributed by atoms with E-state index in [2.05, 4.69) is 57.2 Å². The van der Waals surface area contributed by atoms with Crippen LogP contribution in [-0.2, 0) is 10.1 Å². The minimum atomic E-state index is -4.37. The zero-order valence-electron chi connectivity index (χ0n) is 20.6. The van der Waals surface area contributed by atoms with E-state index in [1.807, 2.05) is 19.1 Å². The fourth-order valence-corrected chi connectivity index (χ4v) is 5.20. The molecule has 6 heteroatoms. The molecule has 0 heterocycles. The average molecular weight is 483 g/mol. The summed E-state index contributed by atoms with van der Waals surface area (Å²) in [4.78, 5) is -0.107. The molecule has 3 aromatic rings. The van der Waals surface area contributed by atoms with Crippen molar-refractivity contribution < 1.29 is 22.4 Å². The summed E-state index contributed by atoms with van der Waals surface area (Å²) in [6.45, 7) is 8.50. The highest BCUT2D eigenvalue weighted by atomic mass is 32.2. The zero-order valence-corrected chi connectivity index (χ0v) is 21.5. The van der Waals surface area contributed by atoms with Crippen molar-refractivity contribution in [2.24, 2.45) is 0 Å². The Hall–Kier alpha value is -2.83. The molecule has 0 saturated heterocycles. The number of hydrogen-bond acceptors (Lipinski definition) is 4. The van der Waals surface area contributed by atoms with E-state index in [9.17, 15) is 13.0 Å². The Bertz CT molecular complexity index is 1200. The van der Waals surface area contributed by atoms with Crippen LogP contribution < -0.4 is 9.47 Å². The standard InChI is InChI=1S/C28H34O5S/c1-18(19(2)24-11-13-25(32-5)14-12-24)22-7-9-23(10-8-22)20(3)21(4)27-16-15-26(33-6)17-28(27)34(29,30)31/h7-21H,1-6H3,(H,29,30,31). The highest BCUT2D eigenvalue weighted by molar-refractivity contribution is 7.85. The smallest absolute Gasteiger partial charge is 0.294 e. The first-order valence-electron chi connectivity index (χ1n) is 11.5. The Labute approximate surface area is 203 Å². The van der Waals surface area contributed by atoms with Gasteiger partial charge in [0.15, 0.2) is 0 Å². The minimum absolute atomic E-state index is 0.0391. The zero-order chi connectivity index (χ0) is 25.0. The first-order chi connectivity index (χ1) is 16.1. The van der Waals surface area contributed by atoms with Gasteiger partial charge in [0.25, 0.3) is 10.1 Å². The van der Waals surface area contributed by atoms with Crippen molar-refractivity contribution in [3.8, 4) is 11.5 Å². The van der Waals surface area contributed by atoms with E-state index in [1.165, 1.54) is 24.3 Å². The van der Waals surface area contributed by atoms with Crippen molar-refractivity contribution in [1.82, 2.24) is 0 Å². The summed E-state index contributed by atoms with van der Waals surface area (Å²) >= 11 is 0. The second kappa shape index (κ2) is 10.6. The van der Waals surface area contributed by atoms with Gasteiger partial charge in [-0.25, -0.2) is 0 Å². The van der Waals surface area contributed by atoms with Crippen LogP contribution in [0.15, 0.2) is 71.6 Å². The summed E-state index contributed by atoms with van der Waals surface area (Å²) in [7, 11) is -1.24. The Balaban J connectivity index is 1.81. The molecule has 5 nitrogen and oxygen atoms in total. The number of benzene rings is 3. The van der Waals surface area contributed by atoms with E-state index in [0.29, 0.717) is 23.1 Å². The van der Waals surface area contributed by atoms with Gasteiger partial charge in [-0.1, -0.05) is 70.2 Å². The van der Waals surface area contributed by atoms with Crippen molar-refractivity contribution in [2.45, 2.75) is 56.3 Å². The molecular weight excluding hydrogens is 448 g/mol. The van der Waals surface area contributed by atoms with Gasteiger partial charge in [0.2, 0.25) is 0 Å². The Morgan fingerprint density at radius 2 is 1.00 bits per heavy atom. The summed E-state index contributed by atoms with van der Waals surface area (Å²) in [6, 6.07) is 21.6. The molecule has 4 unspecified atom stereocenters. The summed E-state index contributed by atoms with van der Waals surface area (Å²) in [5.74, 6) is 1.81. The number of hydrogen-bond donors (Lipinski definition) is 1. The highest BCUT2D eigenvalue weighted by Gasteiger charge is 2.25. The monoisotopic (exact) mass is 482 g/mol. The molecule has 4 atom stereocenters. The topological polar surface area (TPSA) is 72.8 Å². The van der Waals surface area contributed by atoms with Gasteiger partial charge in [-0.3, -0.25) is 4.55 Å². The maximum atomic E-state index is 12.0. The van der Waals surface area contributed by atoms with Crippen LogP contribution >= 0.6 is 0 Å². The van der Waals surface area contributed by atoms with Gasteiger partial charge < -0.3 is 9.47 Å². The highest BCUT2D eigenvalue weighted by Crippen LogP contribution is 2.38. The lowest BCUT2D eigenvalue weighted by molar-refractivity contribution is 0.411. The third kappa shape index (κ3) is 5.62. The first kappa shape index (κ1) is 25.8. The van der Waals surface area contributed by atoms with Crippen LogP contribution in [0.1, 0.15) is 73.6 Å². The number of ether oxygens (including phenoxy) is 2. The molecule has 0 aliphatic carbocycles. The molecule has 1 N–H and O–H groups in total. The third-order valence-corrected chi connectivity index (χ3v) is 8.03. The molecule has 0 aliphatic heterocycles. The quantitative estimate of drug-likeness (QED) is 0.341. The van der Waals surface area contributed by atoms with Crippen LogP contribution in [0.4, 0.5) is 0 Å². The molecule has 0 aromatic heterocycles. The van der Waals surface area contributed by atoms with Crippen LogP contribution in [0.5, 0.6) is 11.5 Å². The molecule has 3 aromatic carbocycles. The SMILES string of the molecule is COc1ccc(C(C)C(C)c2ccc(C(C)C(C)c3ccc(OC)cc3S(=O)(=O)O)cc2)cc1. The van der Waals surface area contributed by atoms with Gasteiger partial charge in [-0.2, -0.15) is 8.42 Å². The lowest BCUT2D eigenvalue weighted by Gasteiger charge is -2.25. The predicted octanol–water partition coefficient (Wildman–Crippen LogP) is 6.76. The fourth-order valence-electron chi connectivity index (χ4n) is 4.39. The van der Waals surface area contributed by atoms with E-state index in [1.54, 1.807) is 19.2 Å². The Morgan fingerprint density at radius 3 is 1.41 bits per heavy atom. The summed E-state index contributed by atoms with van der Waals surface area (Å²) in [5, 5.41) is 0. The number of rotatable bonds is 9. The van der Waals surface area contributed by atoms with Crippen LogP contribution in [-0.4, -0.2) is 27.2 Å². The van der Waals surface area contributed by atoms with Gasteiger partial charge in [0.1, 0.15) is 16.4 Å². The van der Waals surface area contributed by atoms with Crippen LogP contribution in [0, 0.1) is 0 Å². The molecule has 0 spiro atoms. The van der Waals surface area contributed by atoms with Crippen LogP contribution in [0.3, 0.4) is 0 Å². The van der Waals surface area contributed by atoms with Crippen molar-refractivity contribution >= 4 is 10.1 Å². The molecular formula is C28H34O5S. The maximum absolute atomic E-state index is 12.0. The van der Waals surface area contributed by atoms with Gasteiger partial charge >= 0.3 is 0 Å². The van der Waals surface area contributed by atoms with Crippen molar-refractivity contribution in [1.29, 1.82) is 0 Å². The van der Waals surface area contributed by atoms with E-state index < -0.39 is 10.1 Å². The second-order valence-electron chi connectivity index (χ2n) is 8.97. The van der Waals surface area contributed by atoms with E-state index in [4.69, 9.17) is 9.47 Å². The molecule has 182 valence electrons. The first-order valence-corrected chi connectivity index (χ1v) is 12.9. The Morgan fingerprint density at radius 1 is 0.618 bits per heavy atom. The lowest BCUT2D eigenvalue weighted by Crippen LogP contribution is -2.11. The van der Waals surface area contributed by atoms with Gasteiger partial charge in [0, 0.05) is 6.07 Å². The predicted molar refractivity (Wildman–Crippen MR) is 136 cm³/mol. The minimum Gasteiger partial charge on any atom is -0.497 e. The van der Waals surface area contributed by atoms with Crippen LogP contribution in [0.25, 0.3) is 0 Å². The van der Waals surface area contributed by atoms with E-state index >= 15 is 0 Å². The second-order valence-corrected chi connectivity index (χ2v) is 10.4. The number of methoxy groups -OCH3 is 2. The lowest BCUT2D eigenvalue weighted by atomic mass is 9.81. The maximum Gasteiger partial charge on any atom is 0.294 e. The molecule has 0 aliphatic rings. The van der Waals surface area contributed by atoms with E-state index in [0.717, 1.165) is 11.3 Å². The molecule has 3 rings (SSSR count). The van der Waals surface area contributed by atoms with Crippen molar-refractivity contribution in [3.63, 3.8) is 0 Å².